The van der Waals surface area contributed by atoms with Crippen molar-refractivity contribution < 1.29 is 22.8 Å². The summed E-state index contributed by atoms with van der Waals surface area (Å²) >= 11 is 0. The third kappa shape index (κ3) is 2.65. The number of nitrogens with zero attached hydrogens (tertiary/aromatic N) is 3. The van der Waals surface area contributed by atoms with Crippen LogP contribution in [0.25, 0.3) is 0 Å². The maximum atomic E-state index is 12.9. The maximum Gasteiger partial charge on any atom is 0.435 e. The molecule has 1 N–H and O–H groups in total. The number of alkyl halides is 3. The van der Waals surface area contributed by atoms with E-state index in [9.17, 15) is 22.8 Å². The molecule has 0 spiro atoms. The van der Waals surface area contributed by atoms with E-state index in [-0.39, 0.29) is 29.6 Å². The molecule has 9 heteroatoms. The van der Waals surface area contributed by atoms with Crippen LogP contribution < -0.4 is 5.32 Å². The molecule has 2 atom stereocenters. The molecule has 0 radical (unpaired) electrons. The van der Waals surface area contributed by atoms with Crippen LogP contribution in [-0.2, 0) is 11.0 Å². The summed E-state index contributed by atoms with van der Waals surface area (Å²) in [5, 5.41) is 6.47. The van der Waals surface area contributed by atoms with Gasteiger partial charge in [-0.3, -0.25) is 14.3 Å². The van der Waals surface area contributed by atoms with Crippen molar-refractivity contribution in [3.8, 4) is 0 Å². The molecule has 1 aliphatic carbocycles. The Morgan fingerprint density at radius 2 is 2.00 bits per heavy atom. The number of amides is 2. The van der Waals surface area contributed by atoms with Gasteiger partial charge in [0, 0.05) is 25.6 Å². The van der Waals surface area contributed by atoms with Crippen molar-refractivity contribution in [1.29, 1.82) is 0 Å². The molecule has 2 saturated heterocycles. The summed E-state index contributed by atoms with van der Waals surface area (Å²) in [6, 6.07) is 0.625. The van der Waals surface area contributed by atoms with Crippen molar-refractivity contribution in [2.24, 2.45) is 5.92 Å². The second-order valence-corrected chi connectivity index (χ2v) is 6.77. The number of fused-ring (bicyclic) bond motifs is 1. The zero-order chi connectivity index (χ0) is 17.1. The second-order valence-electron chi connectivity index (χ2n) is 6.77. The summed E-state index contributed by atoms with van der Waals surface area (Å²) in [4.78, 5) is 25.8. The number of hydrogen-bond donors (Lipinski definition) is 1. The number of rotatable bonds is 2. The second kappa shape index (κ2) is 5.22. The molecule has 0 aromatic carbocycles. The molecular weight excluding hydrogens is 325 g/mol. The first-order valence-corrected chi connectivity index (χ1v) is 8.08. The Labute approximate surface area is 136 Å². The monoisotopic (exact) mass is 342 g/mol. The van der Waals surface area contributed by atoms with Gasteiger partial charge < -0.3 is 10.2 Å². The molecule has 1 saturated carbocycles. The summed E-state index contributed by atoms with van der Waals surface area (Å²) in [5.74, 6) is -0.299. The van der Waals surface area contributed by atoms with Crippen LogP contribution in [0.4, 0.5) is 13.2 Å². The largest absolute Gasteiger partial charge is 0.435 e. The third-order valence-electron chi connectivity index (χ3n) is 4.95. The molecular formula is C15H17F3N4O2. The molecule has 3 fully saturated rings. The Morgan fingerprint density at radius 3 is 2.67 bits per heavy atom. The van der Waals surface area contributed by atoms with E-state index in [1.165, 1.54) is 9.58 Å². The van der Waals surface area contributed by atoms with Gasteiger partial charge in [-0.05, 0) is 25.2 Å². The van der Waals surface area contributed by atoms with E-state index >= 15 is 0 Å². The number of nitrogens with one attached hydrogen (secondary N) is 1. The Kier molecular flexibility index (Phi) is 3.36. The van der Waals surface area contributed by atoms with Crippen LogP contribution in [0.5, 0.6) is 0 Å². The fraction of sp³-hybridized carbons (Fsp3) is 0.667. The van der Waals surface area contributed by atoms with E-state index in [2.05, 4.69) is 10.4 Å². The Morgan fingerprint density at radius 1 is 1.25 bits per heavy atom. The SMILES string of the molecule is O=C1CCC2CN(C(=O)c3cc(C(F)(F)F)nn3C3CC3)CC2N1. The van der Waals surface area contributed by atoms with E-state index in [0.29, 0.717) is 25.9 Å². The average Bonchev–Trinajstić information content (AvgIpc) is 3.10. The van der Waals surface area contributed by atoms with Crippen molar-refractivity contribution in [3.63, 3.8) is 0 Å². The molecule has 1 aromatic heterocycles. The molecule has 2 aliphatic heterocycles. The van der Waals surface area contributed by atoms with Gasteiger partial charge in [-0.2, -0.15) is 18.3 Å². The Hall–Kier alpha value is -2.06. The van der Waals surface area contributed by atoms with Gasteiger partial charge in [-0.25, -0.2) is 0 Å². The van der Waals surface area contributed by atoms with Gasteiger partial charge in [0.1, 0.15) is 5.69 Å². The van der Waals surface area contributed by atoms with Crippen LogP contribution in [0.3, 0.4) is 0 Å². The fourth-order valence-corrected chi connectivity index (χ4v) is 3.54. The van der Waals surface area contributed by atoms with E-state index < -0.39 is 17.8 Å². The average molecular weight is 342 g/mol. The van der Waals surface area contributed by atoms with Gasteiger partial charge in [0.15, 0.2) is 5.69 Å². The van der Waals surface area contributed by atoms with E-state index in [1.54, 1.807) is 0 Å². The first kappa shape index (κ1) is 15.5. The lowest BCUT2D eigenvalue weighted by atomic mass is 9.94. The summed E-state index contributed by atoms with van der Waals surface area (Å²) in [5.41, 5.74) is -1.03. The highest BCUT2D eigenvalue weighted by atomic mass is 19.4. The molecule has 24 heavy (non-hydrogen) atoms. The Bertz CT molecular complexity index is 695. The third-order valence-corrected chi connectivity index (χ3v) is 4.95. The number of carbonyl (C=O) groups is 2. The first-order chi connectivity index (χ1) is 11.3. The normalized spacial score (nSPS) is 27.1. The van der Waals surface area contributed by atoms with Gasteiger partial charge in [0.05, 0.1) is 12.1 Å². The Balaban J connectivity index is 1.58. The van der Waals surface area contributed by atoms with Gasteiger partial charge in [0.25, 0.3) is 5.91 Å². The summed E-state index contributed by atoms with van der Waals surface area (Å²) in [6.45, 7) is 0.799. The molecule has 6 nitrogen and oxygen atoms in total. The zero-order valence-corrected chi connectivity index (χ0v) is 12.8. The lowest BCUT2D eigenvalue weighted by Gasteiger charge is -2.24. The quantitative estimate of drug-likeness (QED) is 0.887. The topological polar surface area (TPSA) is 67.2 Å². The highest BCUT2D eigenvalue weighted by molar-refractivity contribution is 5.93. The van der Waals surface area contributed by atoms with E-state index in [0.717, 1.165) is 18.9 Å². The van der Waals surface area contributed by atoms with Crippen LogP contribution in [0.15, 0.2) is 6.07 Å². The number of halogens is 3. The molecule has 4 rings (SSSR count). The molecule has 2 unspecified atom stereocenters. The highest BCUT2D eigenvalue weighted by Crippen LogP contribution is 2.38. The van der Waals surface area contributed by atoms with Gasteiger partial charge in [-0.15, -0.1) is 0 Å². The number of likely N-dealkylation sites (tertiary alicyclic amines) is 1. The van der Waals surface area contributed by atoms with Gasteiger partial charge in [-0.1, -0.05) is 0 Å². The van der Waals surface area contributed by atoms with Crippen molar-refractivity contribution in [3.05, 3.63) is 17.5 Å². The maximum absolute atomic E-state index is 12.9. The smallest absolute Gasteiger partial charge is 0.351 e. The molecule has 130 valence electrons. The van der Waals surface area contributed by atoms with Gasteiger partial charge >= 0.3 is 6.18 Å². The van der Waals surface area contributed by atoms with Crippen molar-refractivity contribution in [1.82, 2.24) is 20.0 Å². The van der Waals surface area contributed by atoms with Crippen LogP contribution in [0.1, 0.15) is 47.9 Å². The lowest BCUT2D eigenvalue weighted by molar-refractivity contribution is -0.141. The minimum atomic E-state index is -4.57. The number of carbonyl (C=O) groups excluding carboxylic acids is 2. The predicted molar refractivity (Wildman–Crippen MR) is 76.1 cm³/mol. The van der Waals surface area contributed by atoms with Crippen LogP contribution >= 0.6 is 0 Å². The number of piperidine rings is 1. The highest BCUT2D eigenvalue weighted by Gasteiger charge is 2.43. The molecule has 3 heterocycles. The minimum Gasteiger partial charge on any atom is -0.351 e. The van der Waals surface area contributed by atoms with Crippen molar-refractivity contribution in [2.45, 2.75) is 43.9 Å². The van der Waals surface area contributed by atoms with Crippen LogP contribution in [0, 0.1) is 5.92 Å². The number of aromatic nitrogens is 2. The number of hydrogen-bond acceptors (Lipinski definition) is 3. The minimum absolute atomic E-state index is 0.00482. The molecule has 3 aliphatic rings. The fourth-order valence-electron chi connectivity index (χ4n) is 3.54. The van der Waals surface area contributed by atoms with Crippen molar-refractivity contribution in [2.75, 3.05) is 13.1 Å². The molecule has 0 bridgehead atoms. The van der Waals surface area contributed by atoms with E-state index in [1.807, 2.05) is 0 Å². The first-order valence-electron chi connectivity index (χ1n) is 8.08. The summed E-state index contributed by atoms with van der Waals surface area (Å²) < 4.78 is 40.1. The van der Waals surface area contributed by atoms with E-state index in [4.69, 9.17) is 0 Å². The zero-order valence-electron chi connectivity index (χ0n) is 12.8. The molecule has 2 amide bonds. The van der Waals surface area contributed by atoms with Crippen molar-refractivity contribution >= 4 is 11.8 Å². The van der Waals surface area contributed by atoms with Crippen LogP contribution in [-0.4, -0.2) is 45.6 Å². The molecule has 1 aromatic rings. The standard InChI is InChI=1S/C15H17F3N4O2/c16-15(17,18)12-5-11(22(20-12)9-2-3-9)14(24)21-6-8-1-4-13(23)19-10(8)7-21/h5,8-10H,1-4,6-7H2,(H,19,23). The van der Waals surface area contributed by atoms with Crippen LogP contribution in [0.2, 0.25) is 0 Å². The lowest BCUT2D eigenvalue weighted by Crippen LogP contribution is -2.44. The summed E-state index contributed by atoms with van der Waals surface area (Å²) in [6.07, 6.45) is -1.96. The predicted octanol–water partition coefficient (Wildman–Crippen LogP) is 1.59. The van der Waals surface area contributed by atoms with Gasteiger partial charge in [0.2, 0.25) is 5.91 Å². The summed E-state index contributed by atoms with van der Waals surface area (Å²) in [7, 11) is 0.